The van der Waals surface area contributed by atoms with Crippen LogP contribution < -0.4 is 0 Å². The number of hydrogen-bond donors (Lipinski definition) is 0. The highest BCUT2D eigenvalue weighted by atomic mass is 14.6. The summed E-state index contributed by atoms with van der Waals surface area (Å²) >= 11 is 0. The van der Waals surface area contributed by atoms with E-state index in [0.29, 0.717) is 0 Å². The first-order chi connectivity index (χ1) is 12.7. The molecule has 0 spiro atoms. The fourth-order valence-electron chi connectivity index (χ4n) is 8.37. The summed E-state index contributed by atoms with van der Waals surface area (Å²) in [5.74, 6) is 4.41. The van der Waals surface area contributed by atoms with Crippen molar-refractivity contribution >= 4 is 0 Å². The Bertz CT molecular complexity index is 408. The van der Waals surface area contributed by atoms with Gasteiger partial charge in [-0.05, 0) is 118 Å². The first-order valence-electron chi connectivity index (χ1n) is 12.7. The molecule has 0 atom stereocenters. The molecule has 0 aromatic heterocycles. The minimum Gasteiger partial charge on any atom is -0.0654 e. The summed E-state index contributed by atoms with van der Waals surface area (Å²) in [7, 11) is 0. The predicted octanol–water partition coefficient (Wildman–Crippen LogP) is 8.54. The van der Waals surface area contributed by atoms with Gasteiger partial charge in [-0.2, -0.15) is 0 Å². The molecule has 0 heterocycles. The lowest BCUT2D eigenvalue weighted by molar-refractivity contribution is -0.0674. The molecule has 26 heavy (non-hydrogen) atoms. The van der Waals surface area contributed by atoms with E-state index in [1.165, 1.54) is 25.7 Å². The van der Waals surface area contributed by atoms with Crippen molar-refractivity contribution in [3.63, 3.8) is 0 Å². The molecule has 0 aromatic carbocycles. The third-order valence-corrected chi connectivity index (χ3v) is 10.1. The minimum atomic E-state index is 0.796. The minimum absolute atomic E-state index is 0.796. The van der Waals surface area contributed by atoms with E-state index in [1.807, 2.05) is 0 Å². The molecule has 0 saturated heterocycles. The summed E-state index contributed by atoms with van der Waals surface area (Å²) in [6, 6.07) is 0. The zero-order chi connectivity index (χ0) is 18.0. The Balaban J connectivity index is 1.26. The molecule has 0 amide bonds. The highest BCUT2D eigenvalue weighted by molar-refractivity contribution is 5.02. The van der Waals surface area contributed by atoms with Crippen LogP contribution in [-0.2, 0) is 0 Å². The van der Waals surface area contributed by atoms with Crippen LogP contribution in [-0.4, -0.2) is 0 Å². The van der Waals surface area contributed by atoms with E-state index in [-0.39, 0.29) is 0 Å². The third kappa shape index (κ3) is 3.77. The highest BCUT2D eigenvalue weighted by Crippen LogP contribution is 2.63. The van der Waals surface area contributed by atoms with Crippen molar-refractivity contribution < 1.29 is 0 Å². The van der Waals surface area contributed by atoms with Crippen molar-refractivity contribution in [1.82, 2.24) is 0 Å². The van der Waals surface area contributed by atoms with Crippen molar-refractivity contribution in [2.45, 2.75) is 129 Å². The van der Waals surface area contributed by atoms with Gasteiger partial charge in [0.15, 0.2) is 0 Å². The lowest BCUT2D eigenvalue weighted by Crippen LogP contribution is -2.46. The fraction of sp³-hybridized carbons (Fsp3) is 1.00. The van der Waals surface area contributed by atoms with E-state index in [2.05, 4.69) is 13.8 Å². The van der Waals surface area contributed by atoms with Gasteiger partial charge < -0.3 is 0 Å². The Morgan fingerprint density at radius 2 is 1.15 bits per heavy atom. The van der Waals surface area contributed by atoms with Gasteiger partial charge in [0.25, 0.3) is 0 Å². The largest absolute Gasteiger partial charge is 0.0654 e. The normalized spacial score (nSPS) is 46.4. The van der Waals surface area contributed by atoms with Crippen molar-refractivity contribution in [3.05, 3.63) is 0 Å². The van der Waals surface area contributed by atoms with E-state index in [0.717, 1.165) is 34.5 Å². The molecule has 0 aliphatic heterocycles. The summed E-state index contributed by atoms with van der Waals surface area (Å²) in [6.45, 7) is 4.78. The van der Waals surface area contributed by atoms with Gasteiger partial charge in [-0.3, -0.25) is 0 Å². The Hall–Kier alpha value is 0. The van der Waals surface area contributed by atoms with Gasteiger partial charge in [0.1, 0.15) is 0 Å². The van der Waals surface area contributed by atoms with Crippen LogP contribution in [0.15, 0.2) is 0 Å². The fourth-order valence-corrected chi connectivity index (χ4v) is 8.37. The summed E-state index contributed by atoms with van der Waals surface area (Å²) in [5, 5.41) is 0. The topological polar surface area (TPSA) is 0 Å². The molecule has 5 aliphatic carbocycles. The quantitative estimate of drug-likeness (QED) is 0.446. The maximum absolute atomic E-state index is 2.40. The van der Waals surface area contributed by atoms with Crippen LogP contribution in [0.2, 0.25) is 0 Å². The van der Waals surface area contributed by atoms with E-state index in [4.69, 9.17) is 0 Å². The zero-order valence-corrected chi connectivity index (χ0v) is 18.0. The van der Waals surface area contributed by atoms with Crippen molar-refractivity contribution in [1.29, 1.82) is 0 Å². The first kappa shape index (κ1) is 19.3. The Morgan fingerprint density at radius 3 is 1.65 bits per heavy atom. The second kappa shape index (κ2) is 8.16. The van der Waals surface area contributed by atoms with Crippen molar-refractivity contribution in [3.8, 4) is 0 Å². The summed E-state index contributed by atoms with van der Waals surface area (Å²) < 4.78 is 0. The molecule has 0 heteroatoms. The van der Waals surface area contributed by atoms with E-state index < -0.39 is 0 Å². The molecular formula is C26H46. The van der Waals surface area contributed by atoms with E-state index in [9.17, 15) is 0 Å². The number of fused-ring (bicyclic) bond motifs is 3. The van der Waals surface area contributed by atoms with Crippen molar-refractivity contribution in [2.24, 2.45) is 34.5 Å². The molecule has 0 N–H and O–H groups in total. The second-order valence-corrected chi connectivity index (χ2v) is 11.3. The van der Waals surface area contributed by atoms with E-state index >= 15 is 0 Å². The maximum atomic E-state index is 2.40. The molecule has 0 aromatic rings. The third-order valence-electron chi connectivity index (χ3n) is 10.1. The van der Waals surface area contributed by atoms with Crippen molar-refractivity contribution in [2.75, 3.05) is 0 Å². The van der Waals surface area contributed by atoms with Crippen LogP contribution in [0.1, 0.15) is 129 Å². The number of rotatable bonds is 6. The monoisotopic (exact) mass is 358 g/mol. The highest BCUT2D eigenvalue weighted by Gasteiger charge is 2.51. The van der Waals surface area contributed by atoms with Crippen LogP contribution in [0.4, 0.5) is 0 Å². The summed E-state index contributed by atoms with van der Waals surface area (Å²) in [6.07, 6.45) is 28.1. The molecule has 5 saturated carbocycles. The smallest absolute Gasteiger partial charge is 0.0269 e. The molecule has 2 bridgehead atoms. The molecule has 150 valence electrons. The zero-order valence-electron chi connectivity index (χ0n) is 18.0. The first-order valence-corrected chi connectivity index (χ1v) is 12.7. The lowest BCUT2D eigenvalue weighted by Gasteiger charge is -2.58. The summed E-state index contributed by atoms with van der Waals surface area (Å²) in [4.78, 5) is 0. The van der Waals surface area contributed by atoms with Gasteiger partial charge >= 0.3 is 0 Å². The van der Waals surface area contributed by atoms with Crippen LogP contribution in [0.5, 0.6) is 0 Å². The molecule has 5 rings (SSSR count). The predicted molar refractivity (Wildman–Crippen MR) is 113 cm³/mol. The van der Waals surface area contributed by atoms with Gasteiger partial charge in [0, 0.05) is 0 Å². The van der Waals surface area contributed by atoms with Crippen LogP contribution in [0.3, 0.4) is 0 Å². The average molecular weight is 359 g/mol. The van der Waals surface area contributed by atoms with Crippen LogP contribution in [0.25, 0.3) is 0 Å². The second-order valence-electron chi connectivity index (χ2n) is 11.3. The average Bonchev–Trinajstić information content (AvgIpc) is 2.71. The molecular weight excluding hydrogens is 312 g/mol. The summed E-state index contributed by atoms with van der Waals surface area (Å²) in [5.41, 5.74) is 1.60. The van der Waals surface area contributed by atoms with Gasteiger partial charge in [0.05, 0.1) is 0 Å². The van der Waals surface area contributed by atoms with Gasteiger partial charge in [-0.1, -0.05) is 46.0 Å². The van der Waals surface area contributed by atoms with Gasteiger partial charge in [-0.25, -0.2) is 0 Å². The maximum Gasteiger partial charge on any atom is -0.0269 e. The molecule has 5 aliphatic rings. The molecule has 0 nitrogen and oxygen atoms in total. The van der Waals surface area contributed by atoms with Crippen LogP contribution in [0, 0.1) is 34.5 Å². The van der Waals surface area contributed by atoms with Gasteiger partial charge in [0.2, 0.25) is 0 Å². The molecule has 0 radical (unpaired) electrons. The number of hydrogen-bond acceptors (Lipinski definition) is 0. The Labute approximate surface area is 164 Å². The lowest BCUT2D eigenvalue weighted by atomic mass is 9.47. The van der Waals surface area contributed by atoms with Gasteiger partial charge in [-0.15, -0.1) is 0 Å². The SMILES string of the molecule is CCCC12CCC(C3CCC([C@H]4CC[C@H](CCC)CC4)CC3)(CC1)CC2. The Morgan fingerprint density at radius 1 is 0.615 bits per heavy atom. The van der Waals surface area contributed by atoms with E-state index in [1.54, 1.807) is 89.9 Å². The standard InChI is InChI=1S/C26H46/c1-3-5-21-6-8-22(9-7-21)23-10-12-24(13-11-23)26-18-15-25(14-4-2,16-19-26)17-20-26/h21-24H,3-20H2,1-2H3/t21-,22-,23?,24?,25?,26?. The van der Waals surface area contributed by atoms with Crippen LogP contribution >= 0.6 is 0 Å². The molecule has 0 unspecified atom stereocenters. The Kier molecular flexibility index (Phi) is 6.07. The molecule has 5 fully saturated rings.